The fraction of sp³-hybridized carbons (Fsp3) is 0.625. The van der Waals surface area contributed by atoms with Crippen LogP contribution in [-0.2, 0) is 4.74 Å². The van der Waals surface area contributed by atoms with Crippen LogP contribution in [0, 0.1) is 5.92 Å². The third-order valence-corrected chi connectivity index (χ3v) is 3.47. The quantitative estimate of drug-likeness (QED) is 0.845. The molecule has 0 aliphatic carbocycles. The van der Waals surface area contributed by atoms with Crippen molar-refractivity contribution in [3.63, 3.8) is 0 Å². The number of ether oxygens (including phenoxy) is 1. The van der Waals surface area contributed by atoms with Crippen LogP contribution in [0.2, 0.25) is 0 Å². The van der Waals surface area contributed by atoms with E-state index in [-0.39, 0.29) is 5.78 Å². The van der Waals surface area contributed by atoms with Gasteiger partial charge >= 0.3 is 6.09 Å². The summed E-state index contributed by atoms with van der Waals surface area (Å²) >= 11 is 0. The Balaban J connectivity index is 1.69. The molecular weight excluding hydrogens is 284 g/mol. The molecular formula is C16H24N2O4. The fourth-order valence-corrected chi connectivity index (χ4v) is 2.48. The molecule has 1 aromatic heterocycles. The predicted molar refractivity (Wildman–Crippen MR) is 81.8 cm³/mol. The lowest BCUT2D eigenvalue weighted by Gasteiger charge is -2.20. The zero-order chi connectivity index (χ0) is 16.2. The minimum absolute atomic E-state index is 0.00856. The van der Waals surface area contributed by atoms with Gasteiger partial charge in [-0.25, -0.2) is 4.79 Å². The zero-order valence-corrected chi connectivity index (χ0v) is 13.4. The minimum Gasteiger partial charge on any atom is -0.461 e. The lowest BCUT2D eigenvalue weighted by Crippen LogP contribution is -2.36. The standard InChI is InChI=1S/C16H24N2O4/c1-16(2,3)22-15(20)17-9-12-6-7-18(10-12)11-13(19)14-5-4-8-21-14/h4-5,8,12H,6-7,9-11H2,1-3H3,(H,17,20)/t12-/m0/s1. The molecule has 1 atom stereocenters. The molecule has 1 saturated heterocycles. The van der Waals surface area contributed by atoms with E-state index in [9.17, 15) is 9.59 Å². The van der Waals surface area contributed by atoms with Crippen LogP contribution in [0.4, 0.5) is 4.79 Å². The van der Waals surface area contributed by atoms with Crippen LogP contribution in [0.3, 0.4) is 0 Å². The van der Waals surface area contributed by atoms with Crippen LogP contribution in [-0.4, -0.2) is 48.6 Å². The molecule has 1 aliphatic rings. The maximum Gasteiger partial charge on any atom is 0.407 e. The number of amides is 1. The average Bonchev–Trinajstić information content (AvgIpc) is 3.05. The van der Waals surface area contributed by atoms with E-state index < -0.39 is 11.7 Å². The van der Waals surface area contributed by atoms with Gasteiger partial charge in [0.1, 0.15) is 5.60 Å². The molecule has 1 fully saturated rings. The molecule has 122 valence electrons. The van der Waals surface area contributed by atoms with Gasteiger partial charge in [-0.3, -0.25) is 9.69 Å². The zero-order valence-electron chi connectivity index (χ0n) is 13.4. The van der Waals surface area contributed by atoms with Crippen molar-refractivity contribution < 1.29 is 18.7 Å². The van der Waals surface area contributed by atoms with Crippen LogP contribution in [0.1, 0.15) is 37.7 Å². The Morgan fingerprint density at radius 2 is 2.23 bits per heavy atom. The van der Waals surface area contributed by atoms with E-state index in [1.807, 2.05) is 20.8 Å². The molecule has 0 radical (unpaired) electrons. The molecule has 1 aliphatic heterocycles. The van der Waals surface area contributed by atoms with Crippen LogP contribution in [0.25, 0.3) is 0 Å². The smallest absolute Gasteiger partial charge is 0.407 e. The van der Waals surface area contributed by atoms with E-state index in [1.165, 1.54) is 6.26 Å². The van der Waals surface area contributed by atoms with E-state index in [1.54, 1.807) is 12.1 Å². The second kappa shape index (κ2) is 6.96. The summed E-state index contributed by atoms with van der Waals surface area (Å²) in [7, 11) is 0. The maximum absolute atomic E-state index is 12.0. The molecule has 22 heavy (non-hydrogen) atoms. The van der Waals surface area contributed by atoms with E-state index in [4.69, 9.17) is 9.15 Å². The molecule has 0 unspecified atom stereocenters. The molecule has 0 saturated carbocycles. The lowest BCUT2D eigenvalue weighted by molar-refractivity contribution is 0.0519. The van der Waals surface area contributed by atoms with Crippen molar-refractivity contribution in [3.8, 4) is 0 Å². The maximum atomic E-state index is 12.0. The highest BCUT2D eigenvalue weighted by Gasteiger charge is 2.26. The highest BCUT2D eigenvalue weighted by Crippen LogP contribution is 2.16. The van der Waals surface area contributed by atoms with Gasteiger partial charge in [-0.1, -0.05) is 0 Å². The second-order valence-corrected chi connectivity index (χ2v) is 6.67. The van der Waals surface area contributed by atoms with Gasteiger partial charge in [-0.15, -0.1) is 0 Å². The first kappa shape index (κ1) is 16.5. The van der Waals surface area contributed by atoms with Gasteiger partial charge in [0.15, 0.2) is 5.76 Å². The Hall–Kier alpha value is -1.82. The topological polar surface area (TPSA) is 71.8 Å². The van der Waals surface area contributed by atoms with Crippen LogP contribution < -0.4 is 5.32 Å². The molecule has 1 aromatic rings. The Morgan fingerprint density at radius 3 is 2.86 bits per heavy atom. The molecule has 1 N–H and O–H groups in total. The number of rotatable bonds is 5. The summed E-state index contributed by atoms with van der Waals surface area (Å²) in [6.07, 6.45) is 2.07. The molecule has 2 rings (SSSR count). The Bertz CT molecular complexity index is 505. The highest BCUT2D eigenvalue weighted by atomic mass is 16.6. The highest BCUT2D eigenvalue weighted by molar-refractivity contribution is 5.95. The Labute approximate surface area is 130 Å². The fourth-order valence-electron chi connectivity index (χ4n) is 2.48. The molecule has 6 heteroatoms. The predicted octanol–water partition coefficient (Wildman–Crippen LogP) is 2.31. The molecule has 6 nitrogen and oxygen atoms in total. The normalized spacial score (nSPS) is 19.1. The summed E-state index contributed by atoms with van der Waals surface area (Å²) in [5.41, 5.74) is -0.485. The van der Waals surface area contributed by atoms with Crippen molar-refractivity contribution in [1.29, 1.82) is 0 Å². The van der Waals surface area contributed by atoms with Crippen molar-refractivity contribution >= 4 is 11.9 Å². The second-order valence-electron chi connectivity index (χ2n) is 6.67. The average molecular weight is 308 g/mol. The number of alkyl carbamates (subject to hydrolysis) is 1. The first-order chi connectivity index (χ1) is 10.3. The Kier molecular flexibility index (Phi) is 5.24. The van der Waals surface area contributed by atoms with Gasteiger partial charge in [-0.05, 0) is 51.8 Å². The number of Topliss-reactive ketones (excluding diaryl/α,β-unsaturated/α-hetero) is 1. The number of likely N-dealkylation sites (tertiary alicyclic amines) is 1. The van der Waals surface area contributed by atoms with Gasteiger partial charge < -0.3 is 14.5 Å². The molecule has 1 amide bonds. The van der Waals surface area contributed by atoms with Gasteiger partial charge in [-0.2, -0.15) is 0 Å². The van der Waals surface area contributed by atoms with Gasteiger partial charge in [0.25, 0.3) is 0 Å². The number of carbonyl (C=O) groups excluding carboxylic acids is 2. The van der Waals surface area contributed by atoms with E-state index >= 15 is 0 Å². The van der Waals surface area contributed by atoms with Crippen molar-refractivity contribution in [1.82, 2.24) is 10.2 Å². The molecule has 0 aromatic carbocycles. The van der Waals surface area contributed by atoms with Crippen LogP contribution >= 0.6 is 0 Å². The summed E-state index contributed by atoms with van der Waals surface area (Å²) < 4.78 is 10.3. The summed E-state index contributed by atoms with van der Waals surface area (Å²) in [6.45, 7) is 8.09. The number of hydrogen-bond donors (Lipinski definition) is 1. The number of nitrogens with one attached hydrogen (secondary N) is 1. The van der Waals surface area contributed by atoms with E-state index in [2.05, 4.69) is 10.2 Å². The third-order valence-electron chi connectivity index (χ3n) is 3.47. The number of nitrogens with zero attached hydrogens (tertiary/aromatic N) is 1. The SMILES string of the molecule is CC(C)(C)OC(=O)NC[C@@H]1CCN(CC(=O)c2ccco2)C1. The molecule has 2 heterocycles. The number of hydrogen-bond acceptors (Lipinski definition) is 5. The van der Waals surface area contributed by atoms with Crippen LogP contribution in [0.15, 0.2) is 22.8 Å². The monoisotopic (exact) mass is 308 g/mol. The first-order valence-electron chi connectivity index (χ1n) is 7.59. The Morgan fingerprint density at radius 1 is 1.45 bits per heavy atom. The van der Waals surface area contributed by atoms with Gasteiger partial charge in [0.05, 0.1) is 12.8 Å². The van der Waals surface area contributed by atoms with Crippen molar-refractivity contribution in [2.45, 2.75) is 32.8 Å². The van der Waals surface area contributed by atoms with E-state index in [0.717, 1.165) is 19.5 Å². The third kappa shape index (κ3) is 5.18. The minimum atomic E-state index is -0.485. The lowest BCUT2D eigenvalue weighted by atomic mass is 10.1. The van der Waals surface area contributed by atoms with Crippen molar-refractivity contribution in [3.05, 3.63) is 24.2 Å². The summed E-state index contributed by atoms with van der Waals surface area (Å²) in [4.78, 5) is 25.7. The summed E-state index contributed by atoms with van der Waals surface area (Å²) in [6, 6.07) is 3.39. The van der Waals surface area contributed by atoms with Gasteiger partial charge in [0, 0.05) is 13.1 Å². The van der Waals surface area contributed by atoms with E-state index in [0.29, 0.717) is 24.8 Å². The van der Waals surface area contributed by atoms with Crippen LogP contribution in [0.5, 0.6) is 0 Å². The summed E-state index contributed by atoms with van der Waals surface area (Å²) in [5, 5.41) is 2.79. The number of ketones is 1. The number of furan rings is 1. The first-order valence-corrected chi connectivity index (χ1v) is 7.59. The van der Waals surface area contributed by atoms with Gasteiger partial charge in [0.2, 0.25) is 5.78 Å². The summed E-state index contributed by atoms with van der Waals surface area (Å²) in [5.74, 6) is 0.734. The largest absolute Gasteiger partial charge is 0.461 e. The van der Waals surface area contributed by atoms with Crippen molar-refractivity contribution in [2.24, 2.45) is 5.92 Å². The number of carbonyl (C=O) groups is 2. The molecule has 0 bridgehead atoms. The molecule has 0 spiro atoms. The van der Waals surface area contributed by atoms with Crippen molar-refractivity contribution in [2.75, 3.05) is 26.2 Å².